The third-order valence-corrected chi connectivity index (χ3v) is 2.30. The maximum atomic E-state index is 11.6. The molecule has 1 amide bonds. The Balaban J connectivity index is 2.70. The van der Waals surface area contributed by atoms with E-state index in [1.54, 1.807) is 6.92 Å². The molecule has 4 heteroatoms. The molecule has 3 N–H and O–H groups in total. The maximum absolute atomic E-state index is 11.6. The Hall–Kier alpha value is -1.06. The monoisotopic (exact) mass is 240 g/mol. The minimum absolute atomic E-state index is 0.0852. The molecule has 1 atom stereocenters. The summed E-state index contributed by atoms with van der Waals surface area (Å²) in [4.78, 5) is 10.6. The summed E-state index contributed by atoms with van der Waals surface area (Å²) in [6.07, 6.45) is 0.0852. The summed E-state index contributed by atoms with van der Waals surface area (Å²) in [6, 6.07) is 5.84. The smallest absolute Gasteiger partial charge is 0.227 e. The number of carbonyl (C=O) groups excluding carboxylic acids is 1. The fourth-order valence-corrected chi connectivity index (χ4v) is 1.58. The molecule has 0 aliphatic rings. The van der Waals surface area contributed by atoms with Crippen LogP contribution in [0.3, 0.4) is 0 Å². The van der Waals surface area contributed by atoms with Gasteiger partial charge in [0.25, 0.3) is 0 Å². The summed E-state index contributed by atoms with van der Waals surface area (Å²) in [6.45, 7) is 5.56. The van der Waals surface area contributed by atoms with Crippen molar-refractivity contribution in [2.24, 2.45) is 5.73 Å². The summed E-state index contributed by atoms with van der Waals surface area (Å²) in [5.41, 5.74) is 8.55. The van der Waals surface area contributed by atoms with Crippen LogP contribution in [-0.2, 0) is 4.79 Å². The molecule has 1 aromatic rings. The van der Waals surface area contributed by atoms with Crippen molar-refractivity contribution in [2.45, 2.75) is 32.2 Å². The number of carbonyl (C=O) groups is 1. The van der Waals surface area contributed by atoms with Crippen molar-refractivity contribution in [2.75, 3.05) is 5.32 Å². The molecule has 3 nitrogen and oxygen atoms in total. The molecule has 0 radical (unpaired) electrons. The molecule has 0 spiro atoms. The topological polar surface area (TPSA) is 55.1 Å². The number of amides is 1. The van der Waals surface area contributed by atoms with E-state index < -0.39 is 5.00 Å². The first-order chi connectivity index (χ1) is 7.28. The van der Waals surface area contributed by atoms with Gasteiger partial charge in [-0.1, -0.05) is 17.7 Å². The largest absolute Gasteiger partial charge is 0.326 e. The van der Waals surface area contributed by atoms with Gasteiger partial charge in [-0.2, -0.15) is 0 Å². The zero-order chi connectivity index (χ0) is 12.3. The quantitative estimate of drug-likeness (QED) is 0.630. The number of halogens is 1. The van der Waals surface area contributed by atoms with Gasteiger partial charge in [-0.25, -0.2) is 0 Å². The number of nitrogens with two attached hydrogens (primary N) is 1. The molecule has 0 heterocycles. The standard InChI is InChI=1S/C12H17ClN2O/c1-8-4-5-10(9(2)6-8)15-11(16)7-12(3,13)14/h4-6H,7,14H2,1-3H3,(H,15,16). The van der Waals surface area contributed by atoms with E-state index in [0.717, 1.165) is 16.8 Å². The van der Waals surface area contributed by atoms with Crippen molar-refractivity contribution in [3.8, 4) is 0 Å². The van der Waals surface area contributed by atoms with Crippen LogP contribution in [0.2, 0.25) is 0 Å². The van der Waals surface area contributed by atoms with Crippen LogP contribution in [0.4, 0.5) is 5.69 Å². The normalized spacial score (nSPS) is 14.3. The summed E-state index contributed by atoms with van der Waals surface area (Å²) in [5.74, 6) is -0.174. The second-order valence-corrected chi connectivity index (χ2v) is 5.18. The zero-order valence-electron chi connectivity index (χ0n) is 9.80. The predicted molar refractivity (Wildman–Crippen MR) is 67.6 cm³/mol. The number of benzene rings is 1. The van der Waals surface area contributed by atoms with Crippen LogP contribution < -0.4 is 11.1 Å². The molecule has 0 bridgehead atoms. The molecule has 0 saturated carbocycles. The lowest BCUT2D eigenvalue weighted by Crippen LogP contribution is -2.34. The molecule has 0 fully saturated rings. The number of aryl methyl sites for hydroxylation is 2. The van der Waals surface area contributed by atoms with Gasteiger partial charge in [0, 0.05) is 5.69 Å². The summed E-state index contributed by atoms with van der Waals surface area (Å²) in [7, 11) is 0. The highest BCUT2D eigenvalue weighted by Gasteiger charge is 2.19. The Morgan fingerprint density at radius 1 is 1.50 bits per heavy atom. The molecule has 0 saturated heterocycles. The van der Waals surface area contributed by atoms with Gasteiger partial charge in [0.05, 0.1) is 11.4 Å². The molecule has 16 heavy (non-hydrogen) atoms. The number of rotatable bonds is 3. The second-order valence-electron chi connectivity index (χ2n) is 4.32. The van der Waals surface area contributed by atoms with Crippen LogP contribution in [0.15, 0.2) is 18.2 Å². The van der Waals surface area contributed by atoms with Crippen molar-refractivity contribution in [3.05, 3.63) is 29.3 Å². The van der Waals surface area contributed by atoms with Crippen LogP contribution in [0.5, 0.6) is 0 Å². The average molecular weight is 241 g/mol. The molecule has 1 aromatic carbocycles. The number of hydrogen-bond donors (Lipinski definition) is 2. The molecular formula is C12H17ClN2O. The molecule has 0 aliphatic carbocycles. The third-order valence-electron chi connectivity index (χ3n) is 2.16. The van der Waals surface area contributed by atoms with Gasteiger partial charge in [0.2, 0.25) is 5.91 Å². The van der Waals surface area contributed by atoms with Crippen LogP contribution >= 0.6 is 11.6 Å². The van der Waals surface area contributed by atoms with E-state index in [4.69, 9.17) is 17.3 Å². The van der Waals surface area contributed by atoms with Gasteiger partial charge >= 0.3 is 0 Å². The molecule has 0 aliphatic heterocycles. The fourth-order valence-electron chi connectivity index (χ4n) is 1.46. The first kappa shape index (κ1) is 13.0. The van der Waals surface area contributed by atoms with Crippen LogP contribution in [0, 0.1) is 13.8 Å². The van der Waals surface area contributed by atoms with Gasteiger partial charge < -0.3 is 11.1 Å². The number of hydrogen-bond acceptors (Lipinski definition) is 2. The van der Waals surface area contributed by atoms with Gasteiger partial charge in [-0.15, -0.1) is 11.6 Å². The first-order valence-electron chi connectivity index (χ1n) is 5.13. The highest BCUT2D eigenvalue weighted by Crippen LogP contribution is 2.18. The van der Waals surface area contributed by atoms with E-state index in [9.17, 15) is 4.79 Å². The predicted octanol–water partition coefficient (Wildman–Crippen LogP) is 2.55. The maximum Gasteiger partial charge on any atom is 0.227 e. The fraction of sp³-hybridized carbons (Fsp3) is 0.417. The number of anilines is 1. The summed E-state index contributed by atoms with van der Waals surface area (Å²) in [5, 5.41) is 2.79. The van der Waals surface area contributed by atoms with E-state index in [-0.39, 0.29) is 12.3 Å². The summed E-state index contributed by atoms with van der Waals surface area (Å²) >= 11 is 5.78. The van der Waals surface area contributed by atoms with Crippen molar-refractivity contribution in [1.29, 1.82) is 0 Å². The second kappa shape index (κ2) is 4.85. The highest BCUT2D eigenvalue weighted by molar-refractivity contribution is 6.24. The van der Waals surface area contributed by atoms with E-state index in [1.165, 1.54) is 0 Å². The Labute approximate surface area is 101 Å². The SMILES string of the molecule is Cc1ccc(NC(=O)CC(C)(N)Cl)c(C)c1. The van der Waals surface area contributed by atoms with E-state index in [2.05, 4.69) is 5.32 Å². The Bertz CT molecular complexity index is 396. The minimum atomic E-state index is -0.997. The summed E-state index contributed by atoms with van der Waals surface area (Å²) < 4.78 is 0. The Morgan fingerprint density at radius 2 is 2.12 bits per heavy atom. The van der Waals surface area contributed by atoms with Crippen molar-refractivity contribution < 1.29 is 4.79 Å². The van der Waals surface area contributed by atoms with E-state index in [0.29, 0.717) is 0 Å². The van der Waals surface area contributed by atoms with Crippen molar-refractivity contribution >= 4 is 23.2 Å². The van der Waals surface area contributed by atoms with Gasteiger partial charge in [0.15, 0.2) is 0 Å². The molecule has 88 valence electrons. The van der Waals surface area contributed by atoms with Crippen LogP contribution in [0.1, 0.15) is 24.5 Å². The number of alkyl halides is 1. The molecule has 0 aromatic heterocycles. The highest BCUT2D eigenvalue weighted by atomic mass is 35.5. The van der Waals surface area contributed by atoms with Gasteiger partial charge in [0.1, 0.15) is 0 Å². The Kier molecular flexibility index (Phi) is 3.94. The van der Waals surface area contributed by atoms with Gasteiger partial charge in [-0.3, -0.25) is 4.79 Å². The van der Waals surface area contributed by atoms with E-state index >= 15 is 0 Å². The van der Waals surface area contributed by atoms with Gasteiger partial charge in [-0.05, 0) is 32.4 Å². The molecular weight excluding hydrogens is 224 g/mol. The number of nitrogens with one attached hydrogen (secondary N) is 1. The van der Waals surface area contributed by atoms with Crippen LogP contribution in [-0.4, -0.2) is 10.9 Å². The third kappa shape index (κ3) is 4.21. The van der Waals surface area contributed by atoms with E-state index in [1.807, 2.05) is 32.0 Å². The zero-order valence-corrected chi connectivity index (χ0v) is 10.6. The molecule has 1 unspecified atom stereocenters. The van der Waals surface area contributed by atoms with Crippen molar-refractivity contribution in [1.82, 2.24) is 0 Å². The lowest BCUT2D eigenvalue weighted by molar-refractivity contribution is -0.116. The van der Waals surface area contributed by atoms with Crippen LogP contribution in [0.25, 0.3) is 0 Å². The average Bonchev–Trinajstić information content (AvgIpc) is 2.06. The lowest BCUT2D eigenvalue weighted by Gasteiger charge is -2.16. The first-order valence-corrected chi connectivity index (χ1v) is 5.50. The Morgan fingerprint density at radius 3 is 2.62 bits per heavy atom. The lowest BCUT2D eigenvalue weighted by atomic mass is 10.1. The molecule has 1 rings (SSSR count). The van der Waals surface area contributed by atoms with Crippen molar-refractivity contribution in [3.63, 3.8) is 0 Å². The minimum Gasteiger partial charge on any atom is -0.326 e.